The summed E-state index contributed by atoms with van der Waals surface area (Å²) in [6.45, 7) is 1.68. The van der Waals surface area contributed by atoms with E-state index in [1.54, 1.807) is 17.6 Å². The van der Waals surface area contributed by atoms with Gasteiger partial charge in [0.2, 0.25) is 5.91 Å². The first-order chi connectivity index (χ1) is 12.2. The van der Waals surface area contributed by atoms with Crippen molar-refractivity contribution in [3.63, 3.8) is 0 Å². The fourth-order valence-corrected chi connectivity index (χ4v) is 3.53. The summed E-state index contributed by atoms with van der Waals surface area (Å²) in [5.41, 5.74) is -3.36. The largest absolute Gasteiger partial charge is 0.440 e. The van der Waals surface area contributed by atoms with Gasteiger partial charge < -0.3 is 5.32 Å². The van der Waals surface area contributed by atoms with Crippen LogP contribution in [-0.2, 0) is 9.59 Å². The predicted molar refractivity (Wildman–Crippen MR) is 87.9 cm³/mol. The zero-order chi connectivity index (χ0) is 19.4. The Morgan fingerprint density at radius 2 is 1.92 bits per heavy atom. The molecule has 0 aromatic heterocycles. The number of halogens is 3. The predicted octanol–water partition coefficient (Wildman–Crippen LogP) is 3.07. The lowest BCUT2D eigenvalue weighted by atomic mass is 9.86. The molecule has 2 fully saturated rings. The SMILES string of the molecule is CCCCN1C(=O)NC(NC(=O)CCC2CCCCC2)(C(F)(F)F)C1=O. The molecule has 9 heteroatoms. The number of amides is 4. The van der Waals surface area contributed by atoms with Gasteiger partial charge in [-0.05, 0) is 18.8 Å². The molecule has 0 radical (unpaired) electrons. The Labute approximate surface area is 150 Å². The Kier molecular flexibility index (Phi) is 6.52. The summed E-state index contributed by atoms with van der Waals surface area (Å²) >= 11 is 0. The molecule has 4 amide bonds. The summed E-state index contributed by atoms with van der Waals surface area (Å²) < 4.78 is 40.8. The Hall–Kier alpha value is -1.80. The van der Waals surface area contributed by atoms with E-state index in [1.807, 2.05) is 0 Å². The molecule has 1 aliphatic heterocycles. The lowest BCUT2D eigenvalue weighted by molar-refractivity contribution is -0.204. The summed E-state index contributed by atoms with van der Waals surface area (Å²) in [7, 11) is 0. The zero-order valence-electron chi connectivity index (χ0n) is 15.0. The van der Waals surface area contributed by atoms with Crippen LogP contribution in [0.25, 0.3) is 0 Å². The van der Waals surface area contributed by atoms with E-state index in [9.17, 15) is 27.6 Å². The summed E-state index contributed by atoms with van der Waals surface area (Å²) in [4.78, 5) is 36.9. The van der Waals surface area contributed by atoms with Crippen molar-refractivity contribution in [3.8, 4) is 0 Å². The lowest BCUT2D eigenvalue weighted by Crippen LogP contribution is -2.69. The van der Waals surface area contributed by atoms with E-state index in [2.05, 4.69) is 0 Å². The van der Waals surface area contributed by atoms with Crippen LogP contribution >= 0.6 is 0 Å². The number of hydrogen-bond donors (Lipinski definition) is 2. The molecule has 0 bridgehead atoms. The molecule has 1 unspecified atom stereocenters. The van der Waals surface area contributed by atoms with E-state index < -0.39 is 29.7 Å². The topological polar surface area (TPSA) is 78.5 Å². The first-order valence-electron chi connectivity index (χ1n) is 9.23. The average molecular weight is 377 g/mol. The molecule has 1 saturated carbocycles. The van der Waals surface area contributed by atoms with Crippen LogP contribution in [0.3, 0.4) is 0 Å². The number of rotatable bonds is 7. The maximum Gasteiger partial charge on any atom is 0.440 e. The van der Waals surface area contributed by atoms with Gasteiger partial charge in [-0.2, -0.15) is 13.2 Å². The average Bonchev–Trinajstić information content (AvgIpc) is 2.83. The van der Waals surface area contributed by atoms with Crippen molar-refractivity contribution in [1.82, 2.24) is 15.5 Å². The third-order valence-electron chi connectivity index (χ3n) is 5.10. The fourth-order valence-electron chi connectivity index (χ4n) is 3.53. The highest BCUT2D eigenvalue weighted by atomic mass is 19.4. The van der Waals surface area contributed by atoms with Gasteiger partial charge in [0.05, 0.1) is 0 Å². The van der Waals surface area contributed by atoms with Crippen LogP contribution in [0.15, 0.2) is 0 Å². The van der Waals surface area contributed by atoms with Crippen LogP contribution in [0, 0.1) is 5.92 Å². The van der Waals surface area contributed by atoms with Gasteiger partial charge >= 0.3 is 12.2 Å². The standard InChI is InChI=1S/C17H26F3N3O3/c1-2-3-11-23-14(25)16(17(18,19)20,22-15(23)26)21-13(24)10-9-12-7-5-4-6-8-12/h12H,2-11H2,1H3,(H,21,24)(H,22,26). The van der Waals surface area contributed by atoms with Crippen LogP contribution in [0.5, 0.6) is 0 Å². The number of carbonyl (C=O) groups excluding carboxylic acids is 3. The first kappa shape index (κ1) is 20.5. The summed E-state index contributed by atoms with van der Waals surface area (Å²) in [6, 6.07) is -1.13. The number of unbranched alkanes of at least 4 members (excludes halogenated alkanes) is 1. The van der Waals surface area contributed by atoms with Crippen molar-refractivity contribution in [2.24, 2.45) is 5.92 Å². The molecular formula is C17H26F3N3O3. The number of imide groups is 1. The fraction of sp³-hybridized carbons (Fsp3) is 0.824. The Morgan fingerprint density at radius 1 is 1.27 bits per heavy atom. The summed E-state index contributed by atoms with van der Waals surface area (Å²) in [6.07, 6.45) is 1.50. The van der Waals surface area contributed by atoms with Crippen LogP contribution in [0.1, 0.15) is 64.7 Å². The van der Waals surface area contributed by atoms with E-state index in [0.717, 1.165) is 32.1 Å². The molecule has 2 aliphatic rings. The minimum absolute atomic E-state index is 0.0966. The van der Waals surface area contributed by atoms with Gasteiger partial charge in [0, 0.05) is 13.0 Å². The summed E-state index contributed by atoms with van der Waals surface area (Å²) in [5.74, 6) is -2.01. The van der Waals surface area contributed by atoms with Crippen molar-refractivity contribution >= 4 is 17.8 Å². The van der Waals surface area contributed by atoms with Gasteiger partial charge in [-0.15, -0.1) is 0 Å². The Balaban J connectivity index is 2.06. The molecule has 0 aromatic rings. The normalized spacial score (nSPS) is 24.7. The van der Waals surface area contributed by atoms with Gasteiger partial charge in [-0.3, -0.25) is 19.8 Å². The van der Waals surface area contributed by atoms with Crippen LogP contribution in [-0.4, -0.2) is 41.1 Å². The second kappa shape index (κ2) is 8.26. The highest BCUT2D eigenvalue weighted by Crippen LogP contribution is 2.34. The number of urea groups is 1. The monoisotopic (exact) mass is 377 g/mol. The number of carbonyl (C=O) groups is 3. The molecule has 1 heterocycles. The van der Waals surface area contributed by atoms with E-state index in [1.165, 1.54) is 0 Å². The van der Waals surface area contributed by atoms with Crippen molar-refractivity contribution in [2.45, 2.75) is 76.6 Å². The van der Waals surface area contributed by atoms with Crippen molar-refractivity contribution < 1.29 is 27.6 Å². The third-order valence-corrected chi connectivity index (χ3v) is 5.10. The molecule has 148 valence electrons. The van der Waals surface area contributed by atoms with Gasteiger partial charge in [-0.25, -0.2) is 4.79 Å². The number of nitrogens with zero attached hydrogens (tertiary/aromatic N) is 1. The van der Waals surface area contributed by atoms with Gasteiger partial charge in [0.1, 0.15) is 0 Å². The maximum atomic E-state index is 13.6. The molecule has 6 nitrogen and oxygen atoms in total. The van der Waals surface area contributed by atoms with Gasteiger partial charge in [0.25, 0.3) is 11.6 Å². The van der Waals surface area contributed by atoms with E-state index in [4.69, 9.17) is 0 Å². The molecule has 0 spiro atoms. The molecule has 26 heavy (non-hydrogen) atoms. The van der Waals surface area contributed by atoms with Crippen molar-refractivity contribution in [3.05, 3.63) is 0 Å². The lowest BCUT2D eigenvalue weighted by Gasteiger charge is -2.30. The Morgan fingerprint density at radius 3 is 2.50 bits per heavy atom. The molecule has 2 rings (SSSR count). The highest BCUT2D eigenvalue weighted by molar-refractivity contribution is 6.08. The van der Waals surface area contributed by atoms with Crippen LogP contribution in [0.4, 0.5) is 18.0 Å². The number of nitrogens with one attached hydrogen (secondary N) is 2. The molecule has 1 saturated heterocycles. The van der Waals surface area contributed by atoms with E-state index in [-0.39, 0.29) is 13.0 Å². The van der Waals surface area contributed by atoms with Crippen LogP contribution < -0.4 is 10.6 Å². The smallest absolute Gasteiger partial charge is 0.318 e. The van der Waals surface area contributed by atoms with Crippen molar-refractivity contribution in [2.75, 3.05) is 6.54 Å². The zero-order valence-corrected chi connectivity index (χ0v) is 15.0. The van der Waals surface area contributed by atoms with Crippen LogP contribution in [0.2, 0.25) is 0 Å². The van der Waals surface area contributed by atoms with Gasteiger partial charge in [-0.1, -0.05) is 45.4 Å². The second-order valence-electron chi connectivity index (χ2n) is 7.08. The van der Waals surface area contributed by atoms with Crippen molar-refractivity contribution in [1.29, 1.82) is 0 Å². The molecule has 1 atom stereocenters. The first-order valence-corrected chi connectivity index (χ1v) is 9.23. The van der Waals surface area contributed by atoms with E-state index in [0.29, 0.717) is 30.1 Å². The Bertz CT molecular complexity index is 547. The minimum Gasteiger partial charge on any atom is -0.318 e. The van der Waals surface area contributed by atoms with E-state index >= 15 is 0 Å². The number of alkyl halides is 3. The maximum absolute atomic E-state index is 13.6. The van der Waals surface area contributed by atoms with Gasteiger partial charge in [0.15, 0.2) is 0 Å². The summed E-state index contributed by atoms with van der Waals surface area (Å²) in [5, 5.41) is 3.44. The number of hydrogen-bond acceptors (Lipinski definition) is 3. The molecule has 0 aromatic carbocycles. The minimum atomic E-state index is -5.12. The second-order valence-corrected chi connectivity index (χ2v) is 7.08. The quantitative estimate of drug-likeness (QED) is 0.670. The highest BCUT2D eigenvalue weighted by Gasteiger charge is 2.68. The molecule has 2 N–H and O–H groups in total. The molecule has 1 aliphatic carbocycles. The molecular weight excluding hydrogens is 351 g/mol. The third kappa shape index (κ3) is 4.29.